The lowest BCUT2D eigenvalue weighted by molar-refractivity contribution is -0.136. The van der Waals surface area contributed by atoms with E-state index in [-0.39, 0.29) is 12.3 Å². The second-order valence-electron chi connectivity index (χ2n) is 3.15. The maximum absolute atomic E-state index is 10.1. The predicted molar refractivity (Wildman–Crippen MR) is 51.2 cm³/mol. The number of carboxylic acids is 1. The molecule has 4 heteroatoms. The first-order chi connectivity index (χ1) is 5.90. The van der Waals surface area contributed by atoms with Gasteiger partial charge in [-0.25, -0.2) is 0 Å². The molecule has 0 bridgehead atoms. The Morgan fingerprint density at radius 2 is 1.77 bits per heavy atom. The summed E-state index contributed by atoms with van der Waals surface area (Å²) < 4.78 is 0. The van der Waals surface area contributed by atoms with Crippen LogP contribution >= 0.6 is 0 Å². The summed E-state index contributed by atoms with van der Waals surface area (Å²) in [4.78, 5) is 19.5. The first-order valence-corrected chi connectivity index (χ1v) is 4.40. The summed E-state index contributed by atoms with van der Waals surface area (Å²) in [6.45, 7) is 5.74. The molecule has 1 amide bonds. The standard InChI is InChI=1S/C6H13NO.C3H6O2/c1-5(2)3-4-6(7)8;1-2-3(4)5/h5H,3-4H2,1-2H3,(H2,7,8);2H2,1H3,(H,4,5). The van der Waals surface area contributed by atoms with E-state index in [1.807, 2.05) is 0 Å². The third-order valence-electron chi connectivity index (χ3n) is 1.27. The number of amides is 1. The lowest BCUT2D eigenvalue weighted by Crippen LogP contribution is -2.10. The molecule has 0 heterocycles. The van der Waals surface area contributed by atoms with E-state index in [2.05, 4.69) is 13.8 Å². The molecule has 0 aromatic carbocycles. The predicted octanol–water partition coefficient (Wildman–Crippen LogP) is 1.39. The van der Waals surface area contributed by atoms with Crippen molar-refractivity contribution in [3.8, 4) is 0 Å². The Bertz CT molecular complexity index is 155. The van der Waals surface area contributed by atoms with Crippen molar-refractivity contribution in [1.82, 2.24) is 0 Å². The first-order valence-electron chi connectivity index (χ1n) is 4.40. The molecule has 0 aromatic rings. The van der Waals surface area contributed by atoms with Gasteiger partial charge in [0.15, 0.2) is 0 Å². The molecular weight excluding hydrogens is 170 g/mol. The van der Waals surface area contributed by atoms with E-state index in [0.717, 1.165) is 6.42 Å². The van der Waals surface area contributed by atoms with Crippen LogP contribution in [0.3, 0.4) is 0 Å². The number of carbonyl (C=O) groups excluding carboxylic acids is 1. The molecule has 0 aliphatic rings. The van der Waals surface area contributed by atoms with E-state index >= 15 is 0 Å². The highest BCUT2D eigenvalue weighted by Gasteiger charge is 1.96. The second-order valence-corrected chi connectivity index (χ2v) is 3.15. The number of nitrogens with two attached hydrogens (primary N) is 1. The van der Waals surface area contributed by atoms with Gasteiger partial charge in [-0.15, -0.1) is 0 Å². The monoisotopic (exact) mass is 189 g/mol. The molecule has 0 rings (SSSR count). The number of hydrogen-bond donors (Lipinski definition) is 2. The van der Waals surface area contributed by atoms with Gasteiger partial charge in [0.25, 0.3) is 0 Å². The van der Waals surface area contributed by atoms with Gasteiger partial charge in [-0.3, -0.25) is 9.59 Å². The highest BCUT2D eigenvalue weighted by Crippen LogP contribution is 2.01. The van der Waals surface area contributed by atoms with E-state index in [4.69, 9.17) is 10.8 Å². The molecule has 4 nitrogen and oxygen atoms in total. The lowest BCUT2D eigenvalue weighted by atomic mass is 10.1. The van der Waals surface area contributed by atoms with Crippen LogP contribution < -0.4 is 5.73 Å². The fraction of sp³-hybridized carbons (Fsp3) is 0.778. The van der Waals surface area contributed by atoms with Crippen LogP contribution in [0.15, 0.2) is 0 Å². The fourth-order valence-electron chi connectivity index (χ4n) is 0.431. The van der Waals surface area contributed by atoms with Crippen molar-refractivity contribution in [3.63, 3.8) is 0 Å². The van der Waals surface area contributed by atoms with Crippen LogP contribution in [0.2, 0.25) is 0 Å². The molecular formula is C9H19NO3. The highest BCUT2D eigenvalue weighted by molar-refractivity contribution is 5.73. The zero-order chi connectivity index (χ0) is 10.9. The topological polar surface area (TPSA) is 80.4 Å². The number of aliphatic carboxylic acids is 1. The van der Waals surface area contributed by atoms with E-state index in [1.165, 1.54) is 0 Å². The number of primary amides is 1. The van der Waals surface area contributed by atoms with E-state index in [0.29, 0.717) is 12.3 Å². The van der Waals surface area contributed by atoms with Gasteiger partial charge in [0.2, 0.25) is 5.91 Å². The van der Waals surface area contributed by atoms with Gasteiger partial charge in [-0.2, -0.15) is 0 Å². The van der Waals surface area contributed by atoms with Crippen LogP contribution in [0.1, 0.15) is 40.0 Å². The van der Waals surface area contributed by atoms with Crippen LogP contribution in [-0.4, -0.2) is 17.0 Å². The first kappa shape index (κ1) is 14.5. The molecule has 0 spiro atoms. The Morgan fingerprint density at radius 3 is 1.85 bits per heavy atom. The third-order valence-corrected chi connectivity index (χ3v) is 1.27. The lowest BCUT2D eigenvalue weighted by Gasteiger charge is -1.98. The van der Waals surface area contributed by atoms with Gasteiger partial charge < -0.3 is 10.8 Å². The Morgan fingerprint density at radius 1 is 1.38 bits per heavy atom. The minimum Gasteiger partial charge on any atom is -0.481 e. The van der Waals surface area contributed by atoms with Crippen molar-refractivity contribution >= 4 is 11.9 Å². The SMILES string of the molecule is CC(C)CCC(N)=O.CCC(=O)O. The van der Waals surface area contributed by atoms with Crippen molar-refractivity contribution in [2.24, 2.45) is 11.7 Å². The van der Waals surface area contributed by atoms with Gasteiger partial charge in [-0.1, -0.05) is 20.8 Å². The summed E-state index contributed by atoms with van der Waals surface area (Å²) >= 11 is 0. The molecule has 0 fully saturated rings. The van der Waals surface area contributed by atoms with Crippen LogP contribution in [-0.2, 0) is 9.59 Å². The molecule has 0 radical (unpaired) electrons. The average Bonchev–Trinajstić information content (AvgIpc) is 2.02. The van der Waals surface area contributed by atoms with E-state index in [1.54, 1.807) is 6.92 Å². The van der Waals surface area contributed by atoms with E-state index in [9.17, 15) is 9.59 Å². The van der Waals surface area contributed by atoms with Gasteiger partial charge >= 0.3 is 5.97 Å². The minimum absolute atomic E-state index is 0.196. The van der Waals surface area contributed by atoms with Gasteiger partial charge in [0.1, 0.15) is 0 Å². The quantitative estimate of drug-likeness (QED) is 0.701. The van der Waals surface area contributed by atoms with Crippen LogP contribution in [0.5, 0.6) is 0 Å². The molecule has 0 aliphatic heterocycles. The number of hydrogen-bond acceptors (Lipinski definition) is 2. The summed E-state index contributed by atoms with van der Waals surface area (Å²) in [5.41, 5.74) is 4.90. The third kappa shape index (κ3) is 24.8. The smallest absolute Gasteiger partial charge is 0.303 e. The molecule has 0 saturated carbocycles. The van der Waals surface area contributed by atoms with Crippen LogP contribution in [0.4, 0.5) is 0 Å². The van der Waals surface area contributed by atoms with Crippen LogP contribution in [0, 0.1) is 5.92 Å². The second kappa shape index (κ2) is 9.03. The van der Waals surface area contributed by atoms with E-state index < -0.39 is 5.97 Å². The molecule has 78 valence electrons. The fourth-order valence-corrected chi connectivity index (χ4v) is 0.431. The normalized spacial score (nSPS) is 8.92. The Kier molecular flexibility index (Phi) is 10.0. The van der Waals surface area contributed by atoms with Crippen molar-refractivity contribution in [2.75, 3.05) is 0 Å². The molecule has 0 atom stereocenters. The molecule has 0 saturated heterocycles. The highest BCUT2D eigenvalue weighted by atomic mass is 16.4. The van der Waals surface area contributed by atoms with Gasteiger partial charge in [0.05, 0.1) is 0 Å². The molecule has 3 N–H and O–H groups in total. The van der Waals surface area contributed by atoms with Gasteiger partial charge in [0, 0.05) is 12.8 Å². The minimum atomic E-state index is -0.745. The van der Waals surface area contributed by atoms with Crippen molar-refractivity contribution in [2.45, 2.75) is 40.0 Å². The Balaban J connectivity index is 0. The molecule has 0 unspecified atom stereocenters. The number of carbonyl (C=O) groups is 2. The maximum atomic E-state index is 10.1. The zero-order valence-electron chi connectivity index (χ0n) is 8.54. The van der Waals surface area contributed by atoms with Crippen molar-refractivity contribution in [3.05, 3.63) is 0 Å². The summed E-state index contributed by atoms with van der Waals surface area (Å²) in [6, 6.07) is 0. The largest absolute Gasteiger partial charge is 0.481 e. The summed E-state index contributed by atoms with van der Waals surface area (Å²) in [5.74, 6) is -0.355. The Labute approximate surface area is 79.1 Å². The van der Waals surface area contributed by atoms with Crippen molar-refractivity contribution in [1.29, 1.82) is 0 Å². The van der Waals surface area contributed by atoms with Gasteiger partial charge in [-0.05, 0) is 12.3 Å². The molecule has 0 aliphatic carbocycles. The zero-order valence-corrected chi connectivity index (χ0v) is 8.54. The summed E-state index contributed by atoms with van der Waals surface area (Å²) in [6.07, 6.45) is 1.66. The summed E-state index contributed by atoms with van der Waals surface area (Å²) in [7, 11) is 0. The number of carboxylic acid groups (broad SMARTS) is 1. The van der Waals surface area contributed by atoms with Crippen molar-refractivity contribution < 1.29 is 14.7 Å². The summed E-state index contributed by atoms with van der Waals surface area (Å²) in [5, 5.41) is 7.72. The molecule has 13 heavy (non-hydrogen) atoms. The number of rotatable bonds is 4. The Hall–Kier alpha value is -1.06. The maximum Gasteiger partial charge on any atom is 0.303 e. The molecule has 0 aromatic heterocycles. The van der Waals surface area contributed by atoms with Crippen LogP contribution in [0.25, 0.3) is 0 Å². The average molecular weight is 189 g/mol.